The molecule has 2 rings (SSSR count). The van der Waals surface area contributed by atoms with Gasteiger partial charge in [-0.2, -0.15) is 24.7 Å². The zero-order valence-electron chi connectivity index (χ0n) is 13.0. The van der Waals surface area contributed by atoms with Gasteiger partial charge in [-0.05, 0) is 26.7 Å². The van der Waals surface area contributed by atoms with Crippen molar-refractivity contribution in [1.29, 1.82) is 0 Å². The molecule has 0 spiro atoms. The number of nitrogens with one attached hydrogen (secondary N) is 2. The summed E-state index contributed by atoms with van der Waals surface area (Å²) in [5.74, 6) is 1.50. The lowest BCUT2D eigenvalue weighted by atomic mass is 10.0. The largest absolute Gasteiger partial charge is 0.354 e. The van der Waals surface area contributed by atoms with E-state index in [2.05, 4.69) is 63.4 Å². The highest BCUT2D eigenvalue weighted by Gasteiger charge is 2.17. The highest BCUT2D eigenvalue weighted by molar-refractivity contribution is 5.39. The number of hydrogen-bond donors (Lipinski definition) is 2. The first kappa shape index (κ1) is 15.1. The van der Waals surface area contributed by atoms with Gasteiger partial charge >= 0.3 is 0 Å². The molecule has 0 bridgehead atoms. The highest BCUT2D eigenvalue weighted by Crippen LogP contribution is 2.16. The Morgan fingerprint density at radius 3 is 2.52 bits per heavy atom. The van der Waals surface area contributed by atoms with Crippen LogP contribution in [0.3, 0.4) is 0 Å². The van der Waals surface area contributed by atoms with Crippen LogP contribution in [0.5, 0.6) is 0 Å². The minimum Gasteiger partial charge on any atom is -0.354 e. The van der Waals surface area contributed by atoms with Crippen molar-refractivity contribution >= 4 is 11.9 Å². The standard InChI is InChI=1S/C13H22N8/c1-5-7-15-10-17-11(20-13(3,4)6-2)19-12(18-10)21-9-14-8-16-21/h8-9H,5-7H2,1-4H3,(H2,15,17,18,19,20). The second-order valence-electron chi connectivity index (χ2n) is 5.41. The van der Waals surface area contributed by atoms with Crippen molar-refractivity contribution in [3.63, 3.8) is 0 Å². The van der Waals surface area contributed by atoms with Crippen molar-refractivity contribution in [3.8, 4) is 5.95 Å². The van der Waals surface area contributed by atoms with E-state index in [1.54, 1.807) is 6.33 Å². The molecule has 0 atom stereocenters. The smallest absolute Gasteiger partial charge is 0.258 e. The fourth-order valence-corrected chi connectivity index (χ4v) is 1.54. The van der Waals surface area contributed by atoms with Crippen molar-refractivity contribution in [1.82, 2.24) is 29.7 Å². The second kappa shape index (κ2) is 6.47. The van der Waals surface area contributed by atoms with Crippen molar-refractivity contribution in [2.75, 3.05) is 17.2 Å². The first-order chi connectivity index (χ1) is 10.0. The molecule has 0 saturated carbocycles. The van der Waals surface area contributed by atoms with Crippen LogP contribution in [0.1, 0.15) is 40.5 Å². The van der Waals surface area contributed by atoms with E-state index in [4.69, 9.17) is 0 Å². The predicted octanol–water partition coefficient (Wildman–Crippen LogP) is 1.87. The highest BCUT2D eigenvalue weighted by atomic mass is 15.4. The molecule has 21 heavy (non-hydrogen) atoms. The molecular weight excluding hydrogens is 268 g/mol. The first-order valence-electron chi connectivity index (χ1n) is 7.17. The van der Waals surface area contributed by atoms with Crippen LogP contribution in [-0.2, 0) is 0 Å². The van der Waals surface area contributed by atoms with Gasteiger partial charge in [0.1, 0.15) is 12.7 Å². The third-order valence-corrected chi connectivity index (χ3v) is 3.11. The third-order valence-electron chi connectivity index (χ3n) is 3.11. The van der Waals surface area contributed by atoms with Crippen molar-refractivity contribution in [3.05, 3.63) is 12.7 Å². The molecule has 0 radical (unpaired) electrons. The molecule has 0 aliphatic carbocycles. The van der Waals surface area contributed by atoms with Crippen LogP contribution >= 0.6 is 0 Å². The molecule has 2 N–H and O–H groups in total. The van der Waals surface area contributed by atoms with E-state index in [9.17, 15) is 0 Å². The molecule has 2 aromatic rings. The average molecular weight is 290 g/mol. The molecule has 0 amide bonds. The molecule has 8 nitrogen and oxygen atoms in total. The van der Waals surface area contributed by atoms with Crippen LogP contribution in [-0.4, -0.2) is 41.8 Å². The van der Waals surface area contributed by atoms with Gasteiger partial charge in [0.25, 0.3) is 5.95 Å². The van der Waals surface area contributed by atoms with Crippen molar-refractivity contribution in [2.24, 2.45) is 0 Å². The molecular formula is C13H22N8. The number of anilines is 2. The average Bonchev–Trinajstić information content (AvgIpc) is 2.98. The topological polar surface area (TPSA) is 93.4 Å². The van der Waals surface area contributed by atoms with E-state index in [0.29, 0.717) is 17.8 Å². The lowest BCUT2D eigenvalue weighted by Crippen LogP contribution is -2.31. The Bertz CT molecular complexity index is 564. The number of hydrogen-bond acceptors (Lipinski definition) is 7. The Hall–Kier alpha value is -2.25. The van der Waals surface area contributed by atoms with Gasteiger partial charge in [-0.15, -0.1) is 0 Å². The van der Waals surface area contributed by atoms with Gasteiger partial charge in [0.05, 0.1) is 0 Å². The predicted molar refractivity (Wildman–Crippen MR) is 81.5 cm³/mol. The quantitative estimate of drug-likeness (QED) is 0.804. The van der Waals surface area contributed by atoms with Gasteiger partial charge in [0.2, 0.25) is 11.9 Å². The van der Waals surface area contributed by atoms with Gasteiger partial charge < -0.3 is 10.6 Å². The van der Waals surface area contributed by atoms with Gasteiger partial charge in [-0.1, -0.05) is 13.8 Å². The van der Waals surface area contributed by atoms with E-state index >= 15 is 0 Å². The zero-order valence-corrected chi connectivity index (χ0v) is 13.0. The fourth-order valence-electron chi connectivity index (χ4n) is 1.54. The molecule has 0 aliphatic rings. The van der Waals surface area contributed by atoms with Crippen molar-refractivity contribution in [2.45, 2.75) is 46.1 Å². The van der Waals surface area contributed by atoms with E-state index in [1.807, 2.05) is 0 Å². The van der Waals surface area contributed by atoms with Gasteiger partial charge in [-0.25, -0.2) is 4.98 Å². The van der Waals surface area contributed by atoms with Gasteiger partial charge in [0, 0.05) is 12.1 Å². The van der Waals surface area contributed by atoms with Gasteiger partial charge in [-0.3, -0.25) is 0 Å². The summed E-state index contributed by atoms with van der Waals surface area (Å²) in [5.41, 5.74) is -0.0942. The van der Waals surface area contributed by atoms with Crippen LogP contribution < -0.4 is 10.6 Å². The molecule has 0 unspecified atom stereocenters. The van der Waals surface area contributed by atoms with Crippen LogP contribution in [0.15, 0.2) is 12.7 Å². The maximum atomic E-state index is 4.41. The Morgan fingerprint density at radius 2 is 1.90 bits per heavy atom. The van der Waals surface area contributed by atoms with Crippen LogP contribution in [0, 0.1) is 0 Å². The van der Waals surface area contributed by atoms with E-state index in [0.717, 1.165) is 19.4 Å². The molecule has 0 fully saturated rings. The number of aromatic nitrogens is 6. The monoisotopic (exact) mass is 290 g/mol. The molecule has 2 aromatic heterocycles. The number of nitrogens with zero attached hydrogens (tertiary/aromatic N) is 6. The normalized spacial score (nSPS) is 11.4. The van der Waals surface area contributed by atoms with Gasteiger partial charge in [0.15, 0.2) is 0 Å². The lowest BCUT2D eigenvalue weighted by Gasteiger charge is -2.24. The van der Waals surface area contributed by atoms with E-state index < -0.39 is 0 Å². The fraction of sp³-hybridized carbons (Fsp3) is 0.615. The molecule has 8 heteroatoms. The Balaban J connectivity index is 2.33. The summed E-state index contributed by atoms with van der Waals surface area (Å²) in [4.78, 5) is 17.1. The van der Waals surface area contributed by atoms with E-state index in [-0.39, 0.29) is 5.54 Å². The maximum Gasteiger partial charge on any atom is 0.258 e. The summed E-state index contributed by atoms with van der Waals surface area (Å²) in [6.45, 7) is 9.21. The van der Waals surface area contributed by atoms with Crippen LogP contribution in [0.25, 0.3) is 5.95 Å². The Kier molecular flexibility index (Phi) is 4.66. The van der Waals surface area contributed by atoms with E-state index in [1.165, 1.54) is 11.0 Å². The second-order valence-corrected chi connectivity index (χ2v) is 5.41. The summed E-state index contributed by atoms with van der Waals surface area (Å²) in [7, 11) is 0. The minimum absolute atomic E-state index is 0.0942. The van der Waals surface area contributed by atoms with Crippen LogP contribution in [0.2, 0.25) is 0 Å². The number of rotatable bonds is 7. The molecule has 0 aliphatic heterocycles. The molecule has 0 saturated heterocycles. The maximum absolute atomic E-state index is 4.41. The summed E-state index contributed by atoms with van der Waals surface area (Å²) in [6, 6.07) is 0. The molecule has 0 aromatic carbocycles. The third kappa shape index (κ3) is 4.11. The lowest BCUT2D eigenvalue weighted by molar-refractivity contribution is 0.541. The SMILES string of the molecule is CCCNc1nc(NC(C)(C)CC)nc(-n2cncn2)n1. The Labute approximate surface area is 124 Å². The molecule has 2 heterocycles. The Morgan fingerprint density at radius 1 is 1.14 bits per heavy atom. The summed E-state index contributed by atoms with van der Waals surface area (Å²) in [5, 5.41) is 10.6. The molecule has 114 valence electrons. The zero-order chi connectivity index (χ0) is 15.3. The van der Waals surface area contributed by atoms with Crippen LogP contribution in [0.4, 0.5) is 11.9 Å². The first-order valence-corrected chi connectivity index (χ1v) is 7.17. The summed E-state index contributed by atoms with van der Waals surface area (Å²) >= 11 is 0. The summed E-state index contributed by atoms with van der Waals surface area (Å²) < 4.78 is 1.52. The van der Waals surface area contributed by atoms with Crippen molar-refractivity contribution < 1.29 is 0 Å². The minimum atomic E-state index is -0.0942. The summed E-state index contributed by atoms with van der Waals surface area (Å²) in [6.07, 6.45) is 4.96.